The van der Waals surface area contributed by atoms with E-state index in [1.807, 2.05) is 0 Å². The van der Waals surface area contributed by atoms with Gasteiger partial charge in [0.1, 0.15) is 0 Å². The van der Waals surface area contributed by atoms with E-state index in [4.69, 9.17) is 23.2 Å². The average molecular weight is 237 g/mol. The van der Waals surface area contributed by atoms with Crippen LogP contribution in [0.15, 0.2) is 12.1 Å². The van der Waals surface area contributed by atoms with E-state index < -0.39 is 11.6 Å². The number of alkyl halides is 1. The Morgan fingerprint density at radius 3 is 2.36 bits per heavy atom. The van der Waals surface area contributed by atoms with E-state index in [1.165, 1.54) is 0 Å². The van der Waals surface area contributed by atoms with Crippen molar-refractivity contribution in [1.29, 1.82) is 0 Å². The van der Waals surface area contributed by atoms with Crippen LogP contribution in [0.4, 0.5) is 8.78 Å². The Kier molecular flexibility index (Phi) is 2.67. The van der Waals surface area contributed by atoms with Gasteiger partial charge >= 0.3 is 0 Å². The summed E-state index contributed by atoms with van der Waals surface area (Å²) in [6.45, 7) is 0. The molecule has 14 heavy (non-hydrogen) atoms. The molecular weight excluding hydrogens is 229 g/mol. The molecule has 0 nitrogen and oxygen atoms in total. The Morgan fingerprint density at radius 2 is 1.79 bits per heavy atom. The first-order valence-corrected chi connectivity index (χ1v) is 5.19. The van der Waals surface area contributed by atoms with Crippen LogP contribution in [0.1, 0.15) is 23.8 Å². The molecule has 1 aliphatic carbocycles. The molecule has 0 heterocycles. The van der Waals surface area contributed by atoms with Crippen LogP contribution in [0.5, 0.6) is 0 Å². The van der Waals surface area contributed by atoms with Crippen molar-refractivity contribution in [1.82, 2.24) is 0 Å². The maximum absolute atomic E-state index is 12.9. The number of hydrogen-bond donors (Lipinski definition) is 0. The number of rotatable bonds is 2. The first-order valence-electron chi connectivity index (χ1n) is 4.38. The predicted octanol–water partition coefficient (Wildman–Crippen LogP) is 4.31. The highest BCUT2D eigenvalue weighted by molar-refractivity contribution is 6.32. The molecule has 0 bridgehead atoms. The van der Waals surface area contributed by atoms with Crippen LogP contribution in [0.2, 0.25) is 5.02 Å². The molecule has 4 heteroatoms. The van der Waals surface area contributed by atoms with Crippen LogP contribution >= 0.6 is 23.2 Å². The summed E-state index contributed by atoms with van der Waals surface area (Å²) >= 11 is 11.8. The first-order chi connectivity index (χ1) is 6.59. The Bertz CT molecular complexity index is 361. The summed E-state index contributed by atoms with van der Waals surface area (Å²) in [5.74, 6) is -1.46. The fraction of sp³-hybridized carbons (Fsp3) is 0.400. The summed E-state index contributed by atoms with van der Waals surface area (Å²) in [5.41, 5.74) is 0.495. The van der Waals surface area contributed by atoms with Gasteiger partial charge in [-0.3, -0.25) is 0 Å². The van der Waals surface area contributed by atoms with Gasteiger partial charge in [-0.15, -0.1) is 11.6 Å². The minimum Gasteiger partial charge on any atom is -0.204 e. The molecule has 0 radical (unpaired) electrons. The van der Waals surface area contributed by atoms with E-state index in [0.29, 0.717) is 11.5 Å². The zero-order valence-corrected chi connectivity index (χ0v) is 8.75. The van der Waals surface area contributed by atoms with Gasteiger partial charge in [0.2, 0.25) is 0 Å². The molecule has 0 aliphatic heterocycles. The van der Waals surface area contributed by atoms with Gasteiger partial charge in [-0.25, -0.2) is 8.78 Å². The van der Waals surface area contributed by atoms with Gasteiger partial charge in [-0.1, -0.05) is 11.6 Å². The highest BCUT2D eigenvalue weighted by atomic mass is 35.5. The smallest absolute Gasteiger partial charge is 0.160 e. The Balaban J connectivity index is 2.36. The number of halogens is 4. The second-order valence-electron chi connectivity index (χ2n) is 3.53. The summed E-state index contributed by atoms with van der Waals surface area (Å²) in [6, 6.07) is 2.07. The molecule has 2 rings (SSSR count). The van der Waals surface area contributed by atoms with Gasteiger partial charge in [0.05, 0.1) is 5.38 Å². The minimum absolute atomic E-state index is 0.204. The van der Waals surface area contributed by atoms with E-state index in [1.54, 1.807) is 0 Å². The van der Waals surface area contributed by atoms with Gasteiger partial charge in [-0.05, 0) is 36.5 Å². The summed E-state index contributed by atoms with van der Waals surface area (Å²) in [4.78, 5) is 0. The second-order valence-corrected chi connectivity index (χ2v) is 4.40. The van der Waals surface area contributed by atoms with Crippen LogP contribution < -0.4 is 0 Å². The SMILES string of the molecule is Fc1cc(Cl)c(C(Cl)C2CC2)cc1F. The summed E-state index contributed by atoms with van der Waals surface area (Å²) in [7, 11) is 0. The lowest BCUT2D eigenvalue weighted by Crippen LogP contribution is -1.97. The third-order valence-corrected chi connectivity index (χ3v) is 3.29. The van der Waals surface area contributed by atoms with Gasteiger partial charge in [-0.2, -0.15) is 0 Å². The van der Waals surface area contributed by atoms with E-state index in [2.05, 4.69) is 0 Å². The molecule has 1 atom stereocenters. The molecule has 76 valence electrons. The van der Waals surface area contributed by atoms with Gasteiger partial charge < -0.3 is 0 Å². The van der Waals surface area contributed by atoms with Crippen molar-refractivity contribution in [2.45, 2.75) is 18.2 Å². The monoisotopic (exact) mass is 236 g/mol. The lowest BCUT2D eigenvalue weighted by molar-refractivity contribution is 0.506. The number of hydrogen-bond acceptors (Lipinski definition) is 0. The van der Waals surface area contributed by atoms with Gasteiger partial charge in [0, 0.05) is 5.02 Å². The zero-order chi connectivity index (χ0) is 10.3. The lowest BCUT2D eigenvalue weighted by Gasteiger charge is -2.10. The zero-order valence-electron chi connectivity index (χ0n) is 7.24. The molecule has 0 saturated heterocycles. The first kappa shape index (κ1) is 10.2. The standard InChI is InChI=1S/C10H8Cl2F2/c11-7-4-9(14)8(13)3-6(7)10(12)5-1-2-5/h3-5,10H,1-2H2. The summed E-state index contributed by atoms with van der Waals surface area (Å²) < 4.78 is 25.6. The molecular formula is C10H8Cl2F2. The molecule has 1 unspecified atom stereocenters. The van der Waals surface area contributed by atoms with Crippen molar-refractivity contribution in [2.24, 2.45) is 5.92 Å². The molecule has 0 spiro atoms. The highest BCUT2D eigenvalue weighted by Gasteiger charge is 2.32. The van der Waals surface area contributed by atoms with Crippen molar-refractivity contribution in [2.75, 3.05) is 0 Å². The Labute approximate surface area is 90.8 Å². The van der Waals surface area contributed by atoms with Crippen LogP contribution in [0.25, 0.3) is 0 Å². The van der Waals surface area contributed by atoms with Crippen molar-refractivity contribution in [3.63, 3.8) is 0 Å². The van der Waals surface area contributed by atoms with E-state index in [-0.39, 0.29) is 10.4 Å². The summed E-state index contributed by atoms with van der Waals surface area (Å²) in [6.07, 6.45) is 2.06. The number of benzene rings is 1. The van der Waals surface area contributed by atoms with Crippen LogP contribution in [0.3, 0.4) is 0 Å². The minimum atomic E-state index is -0.932. The van der Waals surface area contributed by atoms with Crippen molar-refractivity contribution in [3.8, 4) is 0 Å². The van der Waals surface area contributed by atoms with Crippen molar-refractivity contribution < 1.29 is 8.78 Å². The van der Waals surface area contributed by atoms with Crippen molar-refractivity contribution >= 4 is 23.2 Å². The van der Waals surface area contributed by atoms with E-state index in [0.717, 1.165) is 25.0 Å². The quantitative estimate of drug-likeness (QED) is 0.531. The third kappa shape index (κ3) is 1.86. The fourth-order valence-electron chi connectivity index (χ4n) is 1.39. The largest absolute Gasteiger partial charge is 0.204 e. The topological polar surface area (TPSA) is 0 Å². The average Bonchev–Trinajstić information content (AvgIpc) is 2.93. The second kappa shape index (κ2) is 3.67. The maximum Gasteiger partial charge on any atom is 0.160 e. The van der Waals surface area contributed by atoms with E-state index in [9.17, 15) is 8.78 Å². The normalized spacial score (nSPS) is 18.3. The van der Waals surface area contributed by atoms with Crippen LogP contribution in [-0.2, 0) is 0 Å². The Morgan fingerprint density at radius 1 is 1.21 bits per heavy atom. The van der Waals surface area contributed by atoms with Gasteiger partial charge in [0.15, 0.2) is 11.6 Å². The molecule has 0 amide bonds. The predicted molar refractivity (Wildman–Crippen MR) is 52.7 cm³/mol. The molecule has 1 fully saturated rings. The third-order valence-electron chi connectivity index (χ3n) is 2.37. The Hall–Kier alpha value is -0.340. The summed E-state index contributed by atoms with van der Waals surface area (Å²) in [5, 5.41) is -0.0894. The van der Waals surface area contributed by atoms with Crippen molar-refractivity contribution in [3.05, 3.63) is 34.4 Å². The molecule has 1 aromatic carbocycles. The molecule has 1 saturated carbocycles. The highest BCUT2D eigenvalue weighted by Crippen LogP contribution is 2.47. The molecule has 0 aromatic heterocycles. The van der Waals surface area contributed by atoms with Crippen LogP contribution in [0, 0.1) is 17.6 Å². The maximum atomic E-state index is 12.9. The fourth-order valence-corrected chi connectivity index (χ4v) is 2.15. The van der Waals surface area contributed by atoms with Gasteiger partial charge in [0.25, 0.3) is 0 Å². The molecule has 1 aliphatic rings. The lowest BCUT2D eigenvalue weighted by atomic mass is 10.1. The molecule has 1 aromatic rings. The van der Waals surface area contributed by atoms with Crippen LogP contribution in [-0.4, -0.2) is 0 Å². The molecule has 0 N–H and O–H groups in total. The van der Waals surface area contributed by atoms with E-state index >= 15 is 0 Å².